The van der Waals surface area contributed by atoms with Crippen molar-refractivity contribution in [2.45, 2.75) is 13.1 Å². The number of hydrogen-bond acceptors (Lipinski definition) is 3. The van der Waals surface area contributed by atoms with Gasteiger partial charge < -0.3 is 15.5 Å². The first-order valence-corrected chi connectivity index (χ1v) is 9.10. The van der Waals surface area contributed by atoms with Gasteiger partial charge in [-0.3, -0.25) is 9.79 Å². The van der Waals surface area contributed by atoms with Crippen molar-refractivity contribution in [1.82, 2.24) is 15.5 Å². The number of rotatable bonds is 5. The fourth-order valence-electron chi connectivity index (χ4n) is 2.05. The second-order valence-electron chi connectivity index (χ2n) is 5.38. The summed E-state index contributed by atoms with van der Waals surface area (Å²) in [5, 5.41) is 6.55. The minimum atomic E-state index is 0. The van der Waals surface area contributed by atoms with Crippen LogP contribution in [0.3, 0.4) is 0 Å². The van der Waals surface area contributed by atoms with Gasteiger partial charge in [0.25, 0.3) is 5.91 Å². The van der Waals surface area contributed by atoms with Gasteiger partial charge in [0, 0.05) is 38.1 Å². The third kappa shape index (κ3) is 6.95. The second-order valence-corrected chi connectivity index (χ2v) is 7.93. The number of hydrogen-bond donors (Lipinski definition) is 2. The molecule has 0 spiro atoms. The predicted octanol–water partition coefficient (Wildman–Crippen LogP) is 3.70. The molecular weight excluding hydrogens is 515 g/mol. The number of carbonyl (C=O) groups excluding carboxylic acids is 1. The number of nitrogens with zero attached hydrogens (tertiary/aromatic N) is 2. The summed E-state index contributed by atoms with van der Waals surface area (Å²) in [4.78, 5) is 18.9. The van der Waals surface area contributed by atoms with Crippen LogP contribution in [-0.2, 0) is 13.1 Å². The van der Waals surface area contributed by atoms with Gasteiger partial charge in [-0.15, -0.1) is 35.3 Å². The maximum atomic E-state index is 11.9. The molecule has 2 aromatic rings. The van der Waals surface area contributed by atoms with E-state index in [9.17, 15) is 4.79 Å². The van der Waals surface area contributed by atoms with E-state index in [0.717, 1.165) is 21.9 Å². The molecule has 0 saturated heterocycles. The minimum absolute atomic E-state index is 0. The molecule has 0 saturated carbocycles. The Morgan fingerprint density at radius 2 is 1.76 bits per heavy atom. The highest BCUT2D eigenvalue weighted by atomic mass is 127. The first kappa shape index (κ1) is 21.9. The van der Waals surface area contributed by atoms with Gasteiger partial charge in [0.05, 0.1) is 10.3 Å². The topological polar surface area (TPSA) is 56.7 Å². The number of benzene rings is 1. The molecule has 0 aliphatic carbocycles. The molecule has 5 nitrogen and oxygen atoms in total. The van der Waals surface area contributed by atoms with E-state index in [0.29, 0.717) is 12.1 Å². The molecule has 1 amide bonds. The molecule has 136 valence electrons. The van der Waals surface area contributed by atoms with E-state index in [1.54, 1.807) is 37.4 Å². The molecule has 0 bridgehead atoms. The van der Waals surface area contributed by atoms with Crippen molar-refractivity contribution >= 4 is 63.1 Å². The number of thiophene rings is 1. The third-order valence-electron chi connectivity index (χ3n) is 3.35. The summed E-state index contributed by atoms with van der Waals surface area (Å²) >= 11 is 5.16. The van der Waals surface area contributed by atoms with E-state index in [4.69, 9.17) is 0 Å². The maximum absolute atomic E-state index is 11.9. The molecule has 1 aromatic heterocycles. The standard InChI is InChI=1S/C17H21BrN4OS.HI/c1-19-17(21-11-14-8-9-15(18)24-14)20-10-12-4-6-13(7-5-12)16(23)22(2)3;/h4-9H,10-11H2,1-3H3,(H2,19,20,21);1H. The summed E-state index contributed by atoms with van der Waals surface area (Å²) in [6, 6.07) is 11.7. The Hall–Kier alpha value is -1.13. The van der Waals surface area contributed by atoms with Crippen molar-refractivity contribution in [3.05, 3.63) is 56.2 Å². The zero-order valence-corrected chi connectivity index (χ0v) is 19.1. The van der Waals surface area contributed by atoms with Gasteiger partial charge in [-0.1, -0.05) is 12.1 Å². The van der Waals surface area contributed by atoms with E-state index in [1.165, 1.54) is 4.88 Å². The molecule has 2 rings (SSSR count). The average molecular weight is 537 g/mol. The SMILES string of the molecule is CN=C(NCc1ccc(C(=O)N(C)C)cc1)NCc1ccc(Br)s1.I. The van der Waals surface area contributed by atoms with E-state index < -0.39 is 0 Å². The van der Waals surface area contributed by atoms with Gasteiger partial charge in [0.2, 0.25) is 0 Å². The third-order valence-corrected chi connectivity index (χ3v) is 4.97. The molecule has 2 N–H and O–H groups in total. The van der Waals surface area contributed by atoms with Gasteiger partial charge in [0.15, 0.2) is 5.96 Å². The van der Waals surface area contributed by atoms with Crippen LogP contribution < -0.4 is 10.6 Å². The molecule has 0 aliphatic heterocycles. The lowest BCUT2D eigenvalue weighted by Crippen LogP contribution is -2.36. The minimum Gasteiger partial charge on any atom is -0.352 e. The van der Waals surface area contributed by atoms with Crippen molar-refractivity contribution < 1.29 is 4.79 Å². The average Bonchev–Trinajstić information content (AvgIpc) is 3.00. The molecule has 1 aromatic carbocycles. The van der Waals surface area contributed by atoms with Crippen LogP contribution in [0.1, 0.15) is 20.8 Å². The first-order chi connectivity index (χ1) is 11.5. The lowest BCUT2D eigenvalue weighted by molar-refractivity contribution is 0.0827. The molecule has 8 heteroatoms. The molecule has 0 aliphatic rings. The Bertz CT molecular complexity index is 716. The van der Waals surface area contributed by atoms with Crippen molar-refractivity contribution in [1.29, 1.82) is 0 Å². The highest BCUT2D eigenvalue weighted by molar-refractivity contribution is 14.0. The van der Waals surface area contributed by atoms with Crippen LogP contribution in [0.5, 0.6) is 0 Å². The fraction of sp³-hybridized carbons (Fsp3) is 0.294. The lowest BCUT2D eigenvalue weighted by Gasteiger charge is -2.12. The van der Waals surface area contributed by atoms with Crippen molar-refractivity contribution in [2.24, 2.45) is 4.99 Å². The number of aliphatic imine (C=N–C) groups is 1. The van der Waals surface area contributed by atoms with Crippen LogP contribution >= 0.6 is 51.2 Å². The Morgan fingerprint density at radius 1 is 1.12 bits per heavy atom. The number of halogens is 2. The largest absolute Gasteiger partial charge is 0.352 e. The number of nitrogens with one attached hydrogen (secondary N) is 2. The van der Waals surface area contributed by atoms with E-state index in [2.05, 4.69) is 37.6 Å². The van der Waals surface area contributed by atoms with Crippen LogP contribution in [-0.4, -0.2) is 37.9 Å². The molecule has 0 fully saturated rings. The van der Waals surface area contributed by atoms with Gasteiger partial charge in [0.1, 0.15) is 0 Å². The lowest BCUT2D eigenvalue weighted by atomic mass is 10.1. The quantitative estimate of drug-likeness (QED) is 0.348. The van der Waals surface area contributed by atoms with Crippen molar-refractivity contribution in [3.8, 4) is 0 Å². The molecular formula is C17H22BrIN4OS. The van der Waals surface area contributed by atoms with Crippen molar-refractivity contribution in [3.63, 3.8) is 0 Å². The van der Waals surface area contributed by atoms with E-state index >= 15 is 0 Å². The monoisotopic (exact) mass is 536 g/mol. The van der Waals surface area contributed by atoms with E-state index in [-0.39, 0.29) is 29.9 Å². The number of guanidine groups is 1. The van der Waals surface area contributed by atoms with Crippen LogP contribution in [0.2, 0.25) is 0 Å². The fourth-order valence-corrected chi connectivity index (χ4v) is 3.47. The highest BCUT2D eigenvalue weighted by Crippen LogP contribution is 2.21. The van der Waals surface area contributed by atoms with Crippen LogP contribution in [0, 0.1) is 0 Å². The van der Waals surface area contributed by atoms with Gasteiger partial charge in [-0.05, 0) is 45.8 Å². The normalized spacial score (nSPS) is 10.8. The zero-order chi connectivity index (χ0) is 17.5. The summed E-state index contributed by atoms with van der Waals surface area (Å²) in [6.07, 6.45) is 0. The molecule has 0 atom stereocenters. The van der Waals surface area contributed by atoms with E-state index in [1.807, 2.05) is 30.3 Å². The molecule has 0 unspecified atom stereocenters. The van der Waals surface area contributed by atoms with Crippen molar-refractivity contribution in [2.75, 3.05) is 21.1 Å². The predicted molar refractivity (Wildman–Crippen MR) is 119 cm³/mol. The Balaban J connectivity index is 0.00000312. The summed E-state index contributed by atoms with van der Waals surface area (Å²) < 4.78 is 1.12. The Kier molecular flexibility index (Phi) is 9.44. The number of amides is 1. The Labute approximate surface area is 178 Å². The first-order valence-electron chi connectivity index (χ1n) is 7.49. The smallest absolute Gasteiger partial charge is 0.253 e. The second kappa shape index (κ2) is 10.8. The summed E-state index contributed by atoms with van der Waals surface area (Å²) in [5.41, 5.74) is 1.78. The van der Waals surface area contributed by atoms with Gasteiger partial charge in [-0.25, -0.2) is 0 Å². The van der Waals surface area contributed by atoms with Crippen LogP contribution in [0.25, 0.3) is 0 Å². The maximum Gasteiger partial charge on any atom is 0.253 e. The van der Waals surface area contributed by atoms with Gasteiger partial charge in [-0.2, -0.15) is 0 Å². The molecule has 1 heterocycles. The van der Waals surface area contributed by atoms with Crippen LogP contribution in [0.4, 0.5) is 0 Å². The summed E-state index contributed by atoms with van der Waals surface area (Å²) in [7, 11) is 5.25. The summed E-state index contributed by atoms with van der Waals surface area (Å²) in [6.45, 7) is 1.37. The molecule has 25 heavy (non-hydrogen) atoms. The summed E-state index contributed by atoms with van der Waals surface area (Å²) in [5.74, 6) is 0.752. The molecule has 0 radical (unpaired) electrons. The van der Waals surface area contributed by atoms with Gasteiger partial charge >= 0.3 is 0 Å². The van der Waals surface area contributed by atoms with Crippen LogP contribution in [0.15, 0.2) is 45.2 Å². The number of carbonyl (C=O) groups is 1. The Morgan fingerprint density at radius 3 is 2.28 bits per heavy atom. The zero-order valence-electron chi connectivity index (χ0n) is 14.4. The highest BCUT2D eigenvalue weighted by Gasteiger charge is 2.07.